The van der Waals surface area contributed by atoms with E-state index in [4.69, 9.17) is 0 Å². The quantitative estimate of drug-likeness (QED) is 0.871. The van der Waals surface area contributed by atoms with Gasteiger partial charge in [-0.15, -0.1) is 0 Å². The number of nitrogens with zero attached hydrogens (tertiary/aromatic N) is 1. The van der Waals surface area contributed by atoms with Gasteiger partial charge in [0.25, 0.3) is 0 Å². The highest BCUT2D eigenvalue weighted by Crippen LogP contribution is 2.32. The Morgan fingerprint density at radius 3 is 3.00 bits per heavy atom. The molecule has 4 heteroatoms. The molecule has 108 valence electrons. The second kappa shape index (κ2) is 5.92. The molecule has 4 nitrogen and oxygen atoms in total. The van der Waals surface area contributed by atoms with Crippen molar-refractivity contribution in [1.29, 1.82) is 0 Å². The van der Waals surface area contributed by atoms with E-state index in [1.54, 1.807) is 6.20 Å². The molecule has 0 spiro atoms. The van der Waals surface area contributed by atoms with E-state index in [1.165, 1.54) is 32.1 Å². The van der Waals surface area contributed by atoms with E-state index in [-0.39, 0.29) is 11.9 Å². The molecular formula is C16H23N3O. The molecule has 1 saturated carbocycles. The van der Waals surface area contributed by atoms with Gasteiger partial charge in [-0.05, 0) is 50.7 Å². The maximum atomic E-state index is 12.4. The van der Waals surface area contributed by atoms with Gasteiger partial charge in [0.05, 0.1) is 6.04 Å². The fourth-order valence-electron chi connectivity index (χ4n) is 3.55. The third-order valence-corrected chi connectivity index (χ3v) is 4.63. The Kier molecular flexibility index (Phi) is 4.01. The van der Waals surface area contributed by atoms with E-state index in [0.717, 1.165) is 23.7 Å². The van der Waals surface area contributed by atoms with Crippen LogP contribution in [0.15, 0.2) is 18.3 Å². The normalized spacial score (nSPS) is 29.6. The summed E-state index contributed by atoms with van der Waals surface area (Å²) in [5.74, 6) is 0.885. The number of carbonyl (C=O) groups is 1. The molecule has 0 aromatic carbocycles. The van der Waals surface area contributed by atoms with Crippen LogP contribution >= 0.6 is 0 Å². The van der Waals surface area contributed by atoms with Gasteiger partial charge in [-0.3, -0.25) is 9.78 Å². The number of hydrogen-bond acceptors (Lipinski definition) is 3. The minimum atomic E-state index is -0.0391. The molecule has 2 heterocycles. The summed E-state index contributed by atoms with van der Waals surface area (Å²) in [5, 5.41) is 6.57. The summed E-state index contributed by atoms with van der Waals surface area (Å²) >= 11 is 0. The lowest BCUT2D eigenvalue weighted by Crippen LogP contribution is -2.53. The monoisotopic (exact) mass is 273 g/mol. The summed E-state index contributed by atoms with van der Waals surface area (Å²) in [5.41, 5.74) is 1.77. The van der Waals surface area contributed by atoms with Crippen molar-refractivity contribution in [3.05, 3.63) is 24.0 Å². The van der Waals surface area contributed by atoms with Crippen LogP contribution in [-0.4, -0.2) is 23.0 Å². The zero-order chi connectivity index (χ0) is 13.9. The number of hydrogen-bond donors (Lipinski definition) is 2. The van der Waals surface area contributed by atoms with Gasteiger partial charge in [0.2, 0.25) is 5.91 Å². The molecule has 3 atom stereocenters. The van der Waals surface area contributed by atoms with Crippen LogP contribution in [0.4, 0.5) is 5.69 Å². The van der Waals surface area contributed by atoms with E-state index in [1.807, 2.05) is 19.1 Å². The van der Waals surface area contributed by atoms with E-state index < -0.39 is 0 Å². The van der Waals surface area contributed by atoms with Crippen LogP contribution in [0, 0.1) is 12.8 Å². The number of nitrogens with one attached hydrogen (secondary N) is 2. The topological polar surface area (TPSA) is 54.0 Å². The molecular weight excluding hydrogens is 250 g/mol. The molecule has 1 aliphatic heterocycles. The van der Waals surface area contributed by atoms with Crippen LogP contribution in [0.3, 0.4) is 0 Å². The Bertz CT molecular complexity index is 488. The number of anilines is 1. The highest BCUT2D eigenvalue weighted by molar-refractivity contribution is 5.94. The highest BCUT2D eigenvalue weighted by atomic mass is 16.2. The minimum absolute atomic E-state index is 0.0391. The van der Waals surface area contributed by atoms with Crippen LogP contribution in [0.25, 0.3) is 0 Å². The Morgan fingerprint density at radius 2 is 2.15 bits per heavy atom. The average Bonchev–Trinajstić information content (AvgIpc) is 2.47. The van der Waals surface area contributed by atoms with Gasteiger partial charge in [0.1, 0.15) is 0 Å². The lowest BCUT2D eigenvalue weighted by atomic mass is 9.77. The van der Waals surface area contributed by atoms with Crippen molar-refractivity contribution in [2.24, 2.45) is 5.92 Å². The molecule has 20 heavy (non-hydrogen) atoms. The van der Waals surface area contributed by atoms with Gasteiger partial charge in [-0.25, -0.2) is 0 Å². The van der Waals surface area contributed by atoms with Crippen molar-refractivity contribution in [3.63, 3.8) is 0 Å². The van der Waals surface area contributed by atoms with Crippen molar-refractivity contribution >= 4 is 11.6 Å². The summed E-state index contributed by atoms with van der Waals surface area (Å²) < 4.78 is 0. The Morgan fingerprint density at radius 1 is 1.30 bits per heavy atom. The molecule has 1 aliphatic carbocycles. The molecule has 0 radical (unpaired) electrons. The lowest BCUT2D eigenvalue weighted by molar-refractivity contribution is -0.119. The Labute approximate surface area is 120 Å². The zero-order valence-corrected chi connectivity index (χ0v) is 12.1. The van der Waals surface area contributed by atoms with Crippen LogP contribution in [-0.2, 0) is 4.79 Å². The minimum Gasteiger partial charge on any atom is -0.325 e. The Balaban J connectivity index is 1.60. The second-order valence-electron chi connectivity index (χ2n) is 6.12. The van der Waals surface area contributed by atoms with Crippen molar-refractivity contribution in [1.82, 2.24) is 10.3 Å². The number of amides is 1. The first-order valence-corrected chi connectivity index (χ1v) is 7.72. The van der Waals surface area contributed by atoms with Crippen molar-refractivity contribution in [3.8, 4) is 0 Å². The second-order valence-corrected chi connectivity index (χ2v) is 6.12. The molecule has 1 saturated heterocycles. The third-order valence-electron chi connectivity index (χ3n) is 4.63. The number of aromatic nitrogens is 1. The van der Waals surface area contributed by atoms with E-state index in [0.29, 0.717) is 6.04 Å². The summed E-state index contributed by atoms with van der Waals surface area (Å²) in [6.07, 6.45) is 9.08. The fourth-order valence-corrected chi connectivity index (χ4v) is 3.55. The molecule has 3 rings (SSSR count). The number of carbonyl (C=O) groups excluding carboxylic acids is 1. The van der Waals surface area contributed by atoms with Gasteiger partial charge < -0.3 is 10.6 Å². The lowest BCUT2D eigenvalue weighted by Gasteiger charge is -2.39. The van der Waals surface area contributed by atoms with Gasteiger partial charge in [-0.1, -0.05) is 12.8 Å². The van der Waals surface area contributed by atoms with Crippen molar-refractivity contribution in [2.75, 3.05) is 5.32 Å². The molecule has 2 aliphatic rings. The maximum Gasteiger partial charge on any atom is 0.241 e. The molecule has 1 aromatic rings. The third kappa shape index (κ3) is 3.01. The van der Waals surface area contributed by atoms with Crippen molar-refractivity contribution in [2.45, 2.75) is 57.5 Å². The van der Waals surface area contributed by atoms with Crippen LogP contribution in [0.1, 0.15) is 44.2 Å². The van der Waals surface area contributed by atoms with Crippen LogP contribution in [0.5, 0.6) is 0 Å². The maximum absolute atomic E-state index is 12.4. The summed E-state index contributed by atoms with van der Waals surface area (Å²) in [6, 6.07) is 4.26. The summed E-state index contributed by atoms with van der Waals surface area (Å²) in [6.45, 7) is 1.93. The first kappa shape index (κ1) is 13.6. The number of aryl methyl sites for hydroxylation is 1. The first-order valence-electron chi connectivity index (χ1n) is 7.72. The molecule has 2 fully saturated rings. The van der Waals surface area contributed by atoms with Crippen LogP contribution < -0.4 is 10.6 Å². The molecule has 1 aromatic heterocycles. The average molecular weight is 273 g/mol. The SMILES string of the molecule is Cc1cc(NC(=O)C2CCC3CCCCC3N2)ccn1. The van der Waals surface area contributed by atoms with Gasteiger partial charge in [0.15, 0.2) is 0 Å². The van der Waals surface area contributed by atoms with E-state index in [2.05, 4.69) is 15.6 Å². The van der Waals surface area contributed by atoms with Gasteiger partial charge in [0, 0.05) is 23.6 Å². The summed E-state index contributed by atoms with van der Waals surface area (Å²) in [7, 11) is 0. The van der Waals surface area contributed by atoms with E-state index in [9.17, 15) is 4.79 Å². The van der Waals surface area contributed by atoms with E-state index >= 15 is 0 Å². The molecule has 3 unspecified atom stereocenters. The standard InChI is InChI=1S/C16H23N3O/c1-11-10-13(8-9-17-11)18-16(20)15-7-6-12-4-2-3-5-14(12)19-15/h8-10,12,14-15,19H,2-7H2,1H3,(H,17,18,20). The highest BCUT2D eigenvalue weighted by Gasteiger charge is 2.34. The zero-order valence-electron chi connectivity index (χ0n) is 12.1. The van der Waals surface area contributed by atoms with Crippen molar-refractivity contribution < 1.29 is 4.79 Å². The number of rotatable bonds is 2. The summed E-state index contributed by atoms with van der Waals surface area (Å²) in [4.78, 5) is 16.5. The number of pyridine rings is 1. The van der Waals surface area contributed by atoms with Gasteiger partial charge in [-0.2, -0.15) is 0 Å². The largest absolute Gasteiger partial charge is 0.325 e. The molecule has 0 bridgehead atoms. The predicted octanol–water partition coefficient (Wildman–Crippen LogP) is 2.64. The fraction of sp³-hybridized carbons (Fsp3) is 0.625. The number of piperidine rings is 1. The number of fused-ring (bicyclic) bond motifs is 1. The molecule has 2 N–H and O–H groups in total. The predicted molar refractivity (Wildman–Crippen MR) is 79.5 cm³/mol. The Hall–Kier alpha value is -1.42. The van der Waals surface area contributed by atoms with Crippen LogP contribution in [0.2, 0.25) is 0 Å². The smallest absolute Gasteiger partial charge is 0.241 e. The first-order chi connectivity index (χ1) is 9.72. The van der Waals surface area contributed by atoms with Gasteiger partial charge >= 0.3 is 0 Å². The molecule has 1 amide bonds.